The Kier molecular flexibility index (Phi) is 7.22. The number of hydrogen-bond acceptors (Lipinski definition) is 1. The Bertz CT molecular complexity index is 2620. The molecule has 9 aromatic carbocycles. The third kappa shape index (κ3) is 5.23. The highest BCUT2D eigenvalue weighted by Gasteiger charge is 2.22. The van der Waals surface area contributed by atoms with E-state index in [9.17, 15) is 0 Å². The van der Waals surface area contributed by atoms with E-state index in [1.807, 2.05) is 0 Å². The van der Waals surface area contributed by atoms with Crippen molar-refractivity contribution in [1.29, 1.82) is 0 Å². The largest absolute Gasteiger partial charge is 0.309 e. The highest BCUT2D eigenvalue weighted by atomic mass is 15.1. The van der Waals surface area contributed by atoms with Crippen molar-refractivity contribution >= 4 is 49.4 Å². The molecule has 0 spiro atoms. The van der Waals surface area contributed by atoms with Gasteiger partial charge in [0.25, 0.3) is 0 Å². The predicted octanol–water partition coefficient (Wildman–Crippen LogP) is 13.6. The van der Waals surface area contributed by atoms with Crippen LogP contribution >= 0.6 is 0 Å². The Morgan fingerprint density at radius 2 is 0.857 bits per heavy atom. The van der Waals surface area contributed by atoms with Gasteiger partial charge in [0, 0.05) is 16.8 Å². The number of fused-ring (bicyclic) bond motifs is 4. The fraction of sp³-hybridized carbons (Fsp3) is 0. The molecule has 1 heteroatoms. The maximum Gasteiger partial charge on any atom is 0.0540 e. The molecule has 0 radical (unpaired) electrons. The third-order valence-electron chi connectivity index (χ3n) is 9.62. The minimum Gasteiger partial charge on any atom is -0.309 e. The molecular formula is C48H33N. The summed E-state index contributed by atoms with van der Waals surface area (Å²) < 4.78 is 0. The van der Waals surface area contributed by atoms with Gasteiger partial charge < -0.3 is 4.90 Å². The maximum atomic E-state index is 2.45. The van der Waals surface area contributed by atoms with Gasteiger partial charge in [0.05, 0.1) is 11.4 Å². The van der Waals surface area contributed by atoms with Gasteiger partial charge in [-0.3, -0.25) is 0 Å². The Morgan fingerprint density at radius 3 is 1.67 bits per heavy atom. The highest BCUT2D eigenvalue weighted by Crippen LogP contribution is 2.47. The van der Waals surface area contributed by atoms with Crippen LogP contribution in [0.5, 0.6) is 0 Å². The molecule has 0 unspecified atom stereocenters. The monoisotopic (exact) mass is 623 g/mol. The number of nitrogens with zero attached hydrogens (tertiary/aromatic N) is 1. The molecule has 49 heavy (non-hydrogen) atoms. The molecule has 0 fully saturated rings. The van der Waals surface area contributed by atoms with E-state index in [0.29, 0.717) is 0 Å². The van der Waals surface area contributed by atoms with Crippen molar-refractivity contribution in [3.8, 4) is 33.4 Å². The van der Waals surface area contributed by atoms with Gasteiger partial charge in [-0.25, -0.2) is 0 Å². The van der Waals surface area contributed by atoms with Crippen LogP contribution in [0.25, 0.3) is 65.7 Å². The van der Waals surface area contributed by atoms with Crippen molar-refractivity contribution in [2.75, 3.05) is 4.90 Å². The molecular weight excluding hydrogens is 591 g/mol. The van der Waals surface area contributed by atoms with Gasteiger partial charge in [0.15, 0.2) is 0 Å². The summed E-state index contributed by atoms with van der Waals surface area (Å²) in [7, 11) is 0. The average molecular weight is 624 g/mol. The molecule has 0 atom stereocenters. The number of rotatable bonds is 6. The molecule has 0 amide bonds. The van der Waals surface area contributed by atoms with E-state index in [1.54, 1.807) is 0 Å². The standard InChI is InChI=1S/C48H33N/c1-2-15-34(16-3-1)37-20-14-21-40(32-37)49(47-27-12-10-23-42(47)39-30-29-35-17-4-5-18-36(35)31-39)48-28-13-11-26-45(48)46-33-38-19-6-7-22-41(38)43-24-8-9-25-44(43)46/h1-33H. The Balaban J connectivity index is 1.32. The first kappa shape index (κ1) is 28.8. The van der Waals surface area contributed by atoms with Crippen molar-refractivity contribution < 1.29 is 0 Å². The van der Waals surface area contributed by atoms with Crippen LogP contribution in [0, 0.1) is 0 Å². The van der Waals surface area contributed by atoms with E-state index in [2.05, 4.69) is 205 Å². The molecule has 9 aromatic rings. The van der Waals surface area contributed by atoms with Gasteiger partial charge in [-0.1, -0.05) is 164 Å². The van der Waals surface area contributed by atoms with E-state index in [0.717, 1.165) is 17.1 Å². The molecule has 0 saturated heterocycles. The molecule has 0 aliphatic carbocycles. The minimum absolute atomic E-state index is 1.10. The van der Waals surface area contributed by atoms with Gasteiger partial charge in [-0.05, 0) is 91.0 Å². The smallest absolute Gasteiger partial charge is 0.0540 e. The van der Waals surface area contributed by atoms with Gasteiger partial charge in [-0.15, -0.1) is 0 Å². The summed E-state index contributed by atoms with van der Waals surface area (Å²) in [4.78, 5) is 2.45. The van der Waals surface area contributed by atoms with E-state index < -0.39 is 0 Å². The maximum absolute atomic E-state index is 2.45. The van der Waals surface area contributed by atoms with E-state index in [4.69, 9.17) is 0 Å². The normalized spacial score (nSPS) is 11.3. The van der Waals surface area contributed by atoms with Crippen LogP contribution in [0.4, 0.5) is 17.1 Å². The van der Waals surface area contributed by atoms with Crippen LogP contribution in [-0.4, -0.2) is 0 Å². The van der Waals surface area contributed by atoms with Crippen molar-refractivity contribution in [2.45, 2.75) is 0 Å². The highest BCUT2D eigenvalue weighted by molar-refractivity contribution is 6.15. The van der Waals surface area contributed by atoms with E-state index >= 15 is 0 Å². The number of anilines is 3. The van der Waals surface area contributed by atoms with Crippen LogP contribution in [0.2, 0.25) is 0 Å². The predicted molar refractivity (Wildman–Crippen MR) is 210 cm³/mol. The summed E-state index contributed by atoms with van der Waals surface area (Å²) in [6.45, 7) is 0. The Labute approximate surface area is 287 Å². The lowest BCUT2D eigenvalue weighted by molar-refractivity contribution is 1.28. The van der Waals surface area contributed by atoms with Crippen LogP contribution in [-0.2, 0) is 0 Å². The molecule has 0 bridgehead atoms. The van der Waals surface area contributed by atoms with Crippen LogP contribution in [0.1, 0.15) is 0 Å². The van der Waals surface area contributed by atoms with Gasteiger partial charge >= 0.3 is 0 Å². The van der Waals surface area contributed by atoms with Crippen LogP contribution in [0.15, 0.2) is 200 Å². The third-order valence-corrected chi connectivity index (χ3v) is 9.62. The summed E-state index contributed by atoms with van der Waals surface area (Å²) in [5, 5.41) is 7.49. The SMILES string of the molecule is c1ccc(-c2cccc(N(c3ccccc3-c3ccc4ccccc4c3)c3ccccc3-c3cc4ccccc4c4ccccc34)c2)cc1. The lowest BCUT2D eigenvalue weighted by atomic mass is 9.91. The fourth-order valence-corrected chi connectivity index (χ4v) is 7.31. The Morgan fingerprint density at radius 1 is 0.265 bits per heavy atom. The average Bonchev–Trinajstić information content (AvgIpc) is 3.18. The Hall–Kier alpha value is -6.44. The molecule has 0 aliphatic rings. The zero-order chi connectivity index (χ0) is 32.6. The van der Waals surface area contributed by atoms with Gasteiger partial charge in [0.1, 0.15) is 0 Å². The first-order chi connectivity index (χ1) is 24.3. The molecule has 0 N–H and O–H groups in total. The van der Waals surface area contributed by atoms with Crippen LogP contribution in [0.3, 0.4) is 0 Å². The van der Waals surface area contributed by atoms with Crippen molar-refractivity contribution in [2.24, 2.45) is 0 Å². The van der Waals surface area contributed by atoms with Crippen molar-refractivity contribution in [1.82, 2.24) is 0 Å². The molecule has 0 aliphatic heterocycles. The summed E-state index contributed by atoms with van der Waals surface area (Å²) in [6, 6.07) is 72.6. The van der Waals surface area contributed by atoms with Gasteiger partial charge in [-0.2, -0.15) is 0 Å². The summed E-state index contributed by atoms with van der Waals surface area (Å²) >= 11 is 0. The number of hydrogen-bond donors (Lipinski definition) is 0. The molecule has 9 rings (SSSR count). The lowest BCUT2D eigenvalue weighted by Crippen LogP contribution is -2.12. The van der Waals surface area contributed by atoms with E-state index in [1.165, 1.54) is 65.7 Å². The topological polar surface area (TPSA) is 3.24 Å². The number of benzene rings is 9. The first-order valence-corrected chi connectivity index (χ1v) is 16.9. The number of para-hydroxylation sites is 2. The summed E-state index contributed by atoms with van der Waals surface area (Å²) in [5.41, 5.74) is 10.5. The molecule has 1 nitrogen and oxygen atoms in total. The zero-order valence-electron chi connectivity index (χ0n) is 27.0. The molecule has 0 aromatic heterocycles. The second-order valence-corrected chi connectivity index (χ2v) is 12.5. The first-order valence-electron chi connectivity index (χ1n) is 16.9. The van der Waals surface area contributed by atoms with Crippen LogP contribution < -0.4 is 4.90 Å². The van der Waals surface area contributed by atoms with Crippen molar-refractivity contribution in [3.05, 3.63) is 200 Å². The second-order valence-electron chi connectivity index (χ2n) is 12.5. The molecule has 0 saturated carbocycles. The van der Waals surface area contributed by atoms with Gasteiger partial charge in [0.2, 0.25) is 0 Å². The fourth-order valence-electron chi connectivity index (χ4n) is 7.31. The minimum atomic E-state index is 1.10. The quantitative estimate of drug-likeness (QED) is 0.167. The van der Waals surface area contributed by atoms with Crippen molar-refractivity contribution in [3.63, 3.8) is 0 Å². The summed E-state index contributed by atoms with van der Waals surface area (Å²) in [6.07, 6.45) is 0. The second kappa shape index (κ2) is 12.3. The zero-order valence-corrected chi connectivity index (χ0v) is 27.0. The summed E-state index contributed by atoms with van der Waals surface area (Å²) in [5.74, 6) is 0. The van der Waals surface area contributed by atoms with E-state index in [-0.39, 0.29) is 0 Å². The lowest BCUT2D eigenvalue weighted by Gasteiger charge is -2.30. The molecule has 230 valence electrons. The molecule has 0 heterocycles.